The summed E-state index contributed by atoms with van der Waals surface area (Å²) in [6.45, 7) is 6.33. The summed E-state index contributed by atoms with van der Waals surface area (Å²) < 4.78 is 0. The minimum atomic E-state index is -0.132. The zero-order chi connectivity index (χ0) is 15.7. The van der Waals surface area contributed by atoms with Crippen LogP contribution < -0.4 is 10.6 Å². The van der Waals surface area contributed by atoms with E-state index in [1.165, 1.54) is 0 Å². The highest BCUT2D eigenvalue weighted by atomic mass is 16.1. The molecule has 21 heavy (non-hydrogen) atoms. The van der Waals surface area contributed by atoms with Crippen LogP contribution in [0.4, 0.5) is 5.95 Å². The van der Waals surface area contributed by atoms with Gasteiger partial charge in [0, 0.05) is 25.3 Å². The minimum absolute atomic E-state index is 0.132. The summed E-state index contributed by atoms with van der Waals surface area (Å²) in [7, 11) is 4.02. The Labute approximate surface area is 127 Å². The first-order valence-corrected chi connectivity index (χ1v) is 7.55. The lowest BCUT2D eigenvalue weighted by atomic mass is 10.2. The van der Waals surface area contributed by atoms with E-state index in [9.17, 15) is 4.79 Å². The second-order valence-corrected chi connectivity index (χ2v) is 5.41. The molecule has 0 aromatic carbocycles. The predicted octanol–water partition coefficient (Wildman–Crippen LogP) is 1.68. The Kier molecular flexibility index (Phi) is 7.68. The van der Waals surface area contributed by atoms with E-state index in [0.29, 0.717) is 18.2 Å². The molecule has 2 N–H and O–H groups in total. The van der Waals surface area contributed by atoms with E-state index in [1.807, 2.05) is 21.0 Å². The number of hydrogen-bond acceptors (Lipinski definition) is 5. The van der Waals surface area contributed by atoms with Crippen LogP contribution in [0.25, 0.3) is 0 Å². The van der Waals surface area contributed by atoms with Crippen molar-refractivity contribution < 1.29 is 4.79 Å². The number of nitrogens with one attached hydrogen (secondary N) is 2. The van der Waals surface area contributed by atoms with Gasteiger partial charge in [-0.25, -0.2) is 9.97 Å². The van der Waals surface area contributed by atoms with Crippen molar-refractivity contribution in [1.29, 1.82) is 0 Å². The second-order valence-electron chi connectivity index (χ2n) is 5.41. The Balaban J connectivity index is 2.57. The smallest absolute Gasteiger partial charge is 0.270 e. The lowest BCUT2D eigenvalue weighted by molar-refractivity contribution is 0.0948. The zero-order valence-electron chi connectivity index (χ0n) is 13.6. The highest BCUT2D eigenvalue weighted by Gasteiger charge is 2.09. The minimum Gasteiger partial charge on any atom is -0.353 e. The van der Waals surface area contributed by atoms with E-state index in [2.05, 4.69) is 32.4 Å². The third kappa shape index (κ3) is 7.04. The maximum atomic E-state index is 12.1. The molecule has 0 spiro atoms. The van der Waals surface area contributed by atoms with Crippen LogP contribution in [0, 0.1) is 6.92 Å². The van der Waals surface area contributed by atoms with E-state index in [4.69, 9.17) is 0 Å². The summed E-state index contributed by atoms with van der Waals surface area (Å²) in [4.78, 5) is 22.7. The molecule has 1 aromatic heterocycles. The van der Waals surface area contributed by atoms with Crippen LogP contribution >= 0.6 is 0 Å². The number of unbranched alkanes of at least 4 members (excludes halogenated alkanes) is 2. The molecular formula is C15H27N5O. The lowest BCUT2D eigenvalue weighted by Gasteiger charge is -2.11. The van der Waals surface area contributed by atoms with E-state index in [0.717, 1.165) is 38.0 Å². The van der Waals surface area contributed by atoms with Crippen LogP contribution in [0.2, 0.25) is 0 Å². The largest absolute Gasteiger partial charge is 0.353 e. The summed E-state index contributed by atoms with van der Waals surface area (Å²) in [5.41, 5.74) is 1.21. The number of aromatic nitrogens is 2. The molecule has 0 bridgehead atoms. The third-order valence-electron chi connectivity index (χ3n) is 2.99. The van der Waals surface area contributed by atoms with Crippen molar-refractivity contribution in [2.75, 3.05) is 39.0 Å². The van der Waals surface area contributed by atoms with Gasteiger partial charge < -0.3 is 15.5 Å². The molecule has 6 nitrogen and oxygen atoms in total. The maximum Gasteiger partial charge on any atom is 0.270 e. The number of carbonyl (C=O) groups is 1. The van der Waals surface area contributed by atoms with Crippen LogP contribution in [0.15, 0.2) is 6.07 Å². The molecule has 0 aliphatic carbocycles. The molecule has 0 radical (unpaired) electrons. The lowest BCUT2D eigenvalue weighted by Crippen LogP contribution is -2.26. The van der Waals surface area contributed by atoms with Gasteiger partial charge in [0.1, 0.15) is 5.69 Å². The molecule has 0 saturated heterocycles. The zero-order valence-corrected chi connectivity index (χ0v) is 13.6. The van der Waals surface area contributed by atoms with Crippen molar-refractivity contribution in [3.8, 4) is 0 Å². The number of anilines is 1. The number of aryl methyl sites for hydroxylation is 1. The number of likely N-dealkylation sites (N-methyl/N-ethyl adjacent to an activating group) is 1. The Bertz CT molecular complexity index is 448. The van der Waals surface area contributed by atoms with Crippen LogP contribution in [0.3, 0.4) is 0 Å². The highest BCUT2D eigenvalue weighted by molar-refractivity contribution is 5.92. The van der Waals surface area contributed by atoms with Gasteiger partial charge in [-0.15, -0.1) is 0 Å². The SMILES string of the molecule is CCCCCNC(=O)c1cc(C)nc(NCCN(C)C)n1. The molecule has 1 amide bonds. The van der Waals surface area contributed by atoms with Crippen LogP contribution in [-0.4, -0.2) is 54.5 Å². The average Bonchev–Trinajstić information content (AvgIpc) is 2.42. The standard InChI is InChI=1S/C15H27N5O/c1-5-6-7-8-16-14(21)13-11-12(2)18-15(19-13)17-9-10-20(3)4/h11H,5-10H2,1-4H3,(H,16,21)(H,17,18,19). The number of nitrogens with zero attached hydrogens (tertiary/aromatic N) is 3. The van der Waals surface area contributed by atoms with E-state index in [1.54, 1.807) is 6.07 Å². The van der Waals surface area contributed by atoms with Crippen molar-refractivity contribution in [2.24, 2.45) is 0 Å². The quantitative estimate of drug-likeness (QED) is 0.678. The molecule has 0 fully saturated rings. The molecule has 0 atom stereocenters. The van der Waals surface area contributed by atoms with Gasteiger partial charge in [0.2, 0.25) is 5.95 Å². The predicted molar refractivity (Wildman–Crippen MR) is 85.7 cm³/mol. The highest BCUT2D eigenvalue weighted by Crippen LogP contribution is 2.05. The van der Waals surface area contributed by atoms with Gasteiger partial charge in [-0.3, -0.25) is 4.79 Å². The first-order chi connectivity index (χ1) is 10.0. The monoisotopic (exact) mass is 293 g/mol. The van der Waals surface area contributed by atoms with Crippen molar-refractivity contribution >= 4 is 11.9 Å². The molecule has 1 rings (SSSR count). The van der Waals surface area contributed by atoms with Crippen molar-refractivity contribution in [1.82, 2.24) is 20.2 Å². The van der Waals surface area contributed by atoms with Gasteiger partial charge >= 0.3 is 0 Å². The number of carbonyl (C=O) groups excluding carboxylic acids is 1. The van der Waals surface area contributed by atoms with Crippen LogP contribution in [-0.2, 0) is 0 Å². The normalized spacial score (nSPS) is 10.7. The van der Waals surface area contributed by atoms with Gasteiger partial charge in [-0.05, 0) is 33.5 Å². The van der Waals surface area contributed by atoms with E-state index in [-0.39, 0.29) is 5.91 Å². The van der Waals surface area contributed by atoms with Gasteiger partial charge in [0.25, 0.3) is 5.91 Å². The Morgan fingerprint density at radius 1 is 1.24 bits per heavy atom. The Hall–Kier alpha value is -1.69. The summed E-state index contributed by atoms with van der Waals surface area (Å²) >= 11 is 0. The summed E-state index contributed by atoms with van der Waals surface area (Å²) in [6, 6.07) is 1.71. The van der Waals surface area contributed by atoms with Gasteiger partial charge in [-0.2, -0.15) is 0 Å². The van der Waals surface area contributed by atoms with E-state index >= 15 is 0 Å². The number of hydrogen-bond donors (Lipinski definition) is 2. The average molecular weight is 293 g/mol. The van der Waals surface area contributed by atoms with E-state index < -0.39 is 0 Å². The molecule has 0 aliphatic heterocycles. The van der Waals surface area contributed by atoms with Crippen molar-refractivity contribution in [2.45, 2.75) is 33.1 Å². The van der Waals surface area contributed by atoms with Gasteiger partial charge in [-0.1, -0.05) is 19.8 Å². The van der Waals surface area contributed by atoms with Crippen LogP contribution in [0.5, 0.6) is 0 Å². The fraction of sp³-hybridized carbons (Fsp3) is 0.667. The van der Waals surface area contributed by atoms with Gasteiger partial charge in [0.05, 0.1) is 0 Å². The molecule has 6 heteroatoms. The Morgan fingerprint density at radius 2 is 2.00 bits per heavy atom. The van der Waals surface area contributed by atoms with Crippen LogP contribution in [0.1, 0.15) is 42.4 Å². The molecule has 0 aliphatic rings. The van der Waals surface area contributed by atoms with Gasteiger partial charge in [0.15, 0.2) is 0 Å². The summed E-state index contributed by atoms with van der Waals surface area (Å²) in [5.74, 6) is 0.378. The fourth-order valence-electron chi connectivity index (χ4n) is 1.82. The third-order valence-corrected chi connectivity index (χ3v) is 2.99. The number of rotatable bonds is 9. The first kappa shape index (κ1) is 17.4. The summed E-state index contributed by atoms with van der Waals surface area (Å²) in [5, 5.41) is 6.04. The first-order valence-electron chi connectivity index (χ1n) is 7.55. The second kappa shape index (κ2) is 9.28. The molecular weight excluding hydrogens is 266 g/mol. The molecule has 0 saturated carbocycles. The topological polar surface area (TPSA) is 70.2 Å². The fourth-order valence-corrected chi connectivity index (χ4v) is 1.82. The molecule has 1 aromatic rings. The van der Waals surface area contributed by atoms with Crippen molar-refractivity contribution in [3.05, 3.63) is 17.5 Å². The molecule has 118 valence electrons. The molecule has 0 unspecified atom stereocenters. The molecule has 1 heterocycles. The van der Waals surface area contributed by atoms with Crippen molar-refractivity contribution in [3.63, 3.8) is 0 Å². The summed E-state index contributed by atoms with van der Waals surface area (Å²) in [6.07, 6.45) is 3.27. The maximum absolute atomic E-state index is 12.1. The number of amides is 1. The Morgan fingerprint density at radius 3 is 2.67 bits per heavy atom.